The molecule has 22 heavy (non-hydrogen) atoms. The minimum absolute atomic E-state index is 0.0497. The van der Waals surface area contributed by atoms with Gasteiger partial charge in [-0.05, 0) is 48.5 Å². The van der Waals surface area contributed by atoms with Crippen molar-refractivity contribution in [1.82, 2.24) is 4.90 Å². The number of halogens is 1. The first-order valence-electron chi connectivity index (χ1n) is 7.82. The Morgan fingerprint density at radius 3 is 2.68 bits per heavy atom. The van der Waals surface area contributed by atoms with Gasteiger partial charge in [-0.15, -0.1) is 0 Å². The number of hydrogen-bond acceptors (Lipinski definition) is 3. The Bertz CT molecular complexity index is 569. The van der Waals surface area contributed by atoms with E-state index in [2.05, 4.69) is 52.1 Å². The normalized spacial score (nSPS) is 31.6. The number of nitrogens with zero attached hydrogens (tertiary/aromatic N) is 1. The van der Waals surface area contributed by atoms with E-state index in [1.165, 1.54) is 19.1 Å². The first-order valence-corrected chi connectivity index (χ1v) is 8.73. The van der Waals surface area contributed by atoms with Crippen molar-refractivity contribution in [1.29, 1.82) is 0 Å². The smallest absolute Gasteiger partial charge is 0.310 e. The van der Waals surface area contributed by atoms with Gasteiger partial charge in [0.1, 0.15) is 0 Å². The van der Waals surface area contributed by atoms with E-state index in [1.54, 1.807) is 0 Å². The standard InChI is InChI=1S/C18H22BrNO2/c1-20-14-7-8-16(20)17(18(21)22-2)15(11-14)13-5-3-12(4-6-13)9-10-19/h3-6,9-10,14-17H,7-8,11H2,1-2H3/t14?,15-,16?,17+/m1/s1. The van der Waals surface area contributed by atoms with E-state index in [9.17, 15) is 4.79 Å². The highest BCUT2D eigenvalue weighted by molar-refractivity contribution is 9.11. The van der Waals surface area contributed by atoms with E-state index in [0.717, 1.165) is 18.4 Å². The van der Waals surface area contributed by atoms with Gasteiger partial charge in [-0.25, -0.2) is 0 Å². The molecule has 2 fully saturated rings. The Balaban J connectivity index is 1.91. The lowest BCUT2D eigenvalue weighted by Crippen LogP contribution is -2.49. The molecule has 1 aromatic rings. The number of fused-ring (bicyclic) bond motifs is 2. The van der Waals surface area contributed by atoms with Crippen LogP contribution in [0, 0.1) is 5.92 Å². The van der Waals surface area contributed by atoms with Crippen LogP contribution in [-0.2, 0) is 9.53 Å². The summed E-state index contributed by atoms with van der Waals surface area (Å²) in [5, 5.41) is 0. The maximum atomic E-state index is 12.4. The molecule has 0 saturated carbocycles. The molecule has 3 rings (SSSR count). The topological polar surface area (TPSA) is 29.5 Å². The van der Waals surface area contributed by atoms with Gasteiger partial charge in [-0.2, -0.15) is 0 Å². The largest absolute Gasteiger partial charge is 0.469 e. The van der Waals surface area contributed by atoms with E-state index in [-0.39, 0.29) is 17.8 Å². The fourth-order valence-electron chi connectivity index (χ4n) is 4.19. The molecular formula is C18H22BrNO2. The molecule has 0 N–H and O–H groups in total. The predicted octanol–water partition coefficient (Wildman–Crippen LogP) is 3.79. The van der Waals surface area contributed by atoms with Crippen molar-refractivity contribution in [2.45, 2.75) is 37.3 Å². The van der Waals surface area contributed by atoms with Crippen LogP contribution in [0.3, 0.4) is 0 Å². The lowest BCUT2D eigenvalue weighted by atomic mass is 9.76. The third-order valence-corrected chi connectivity index (χ3v) is 5.63. The molecule has 0 aromatic heterocycles. The molecule has 2 saturated heterocycles. The molecule has 2 aliphatic rings. The maximum Gasteiger partial charge on any atom is 0.310 e. The van der Waals surface area contributed by atoms with Crippen LogP contribution in [0.15, 0.2) is 29.3 Å². The second-order valence-corrected chi connectivity index (χ2v) is 6.84. The van der Waals surface area contributed by atoms with E-state index in [1.807, 2.05) is 11.1 Å². The highest BCUT2D eigenvalue weighted by atomic mass is 79.9. The number of ether oxygens (including phenoxy) is 1. The summed E-state index contributed by atoms with van der Waals surface area (Å²) < 4.78 is 5.12. The molecule has 1 aromatic carbocycles. The molecular weight excluding hydrogens is 342 g/mol. The zero-order valence-corrected chi connectivity index (χ0v) is 14.6. The second kappa shape index (κ2) is 6.55. The summed E-state index contributed by atoms with van der Waals surface area (Å²) in [6.45, 7) is 0. The van der Waals surface area contributed by atoms with Gasteiger partial charge < -0.3 is 4.74 Å². The summed E-state index contributed by atoms with van der Waals surface area (Å²) in [4.78, 5) is 16.6. The van der Waals surface area contributed by atoms with Gasteiger partial charge in [-0.3, -0.25) is 9.69 Å². The van der Waals surface area contributed by atoms with Gasteiger partial charge >= 0.3 is 5.97 Å². The SMILES string of the molecule is COC(=O)[C@@H]1C2CCC(C[C@@H]1c1ccc(C=CBr)cc1)N2C. The quantitative estimate of drug-likeness (QED) is 0.765. The maximum absolute atomic E-state index is 12.4. The molecule has 118 valence electrons. The number of carbonyl (C=O) groups is 1. The Morgan fingerprint density at radius 1 is 1.32 bits per heavy atom. The number of benzene rings is 1. The highest BCUT2D eigenvalue weighted by Gasteiger charge is 2.49. The van der Waals surface area contributed by atoms with Crippen molar-refractivity contribution >= 4 is 28.0 Å². The second-order valence-electron chi connectivity index (χ2n) is 6.31. The average Bonchev–Trinajstić information content (AvgIpc) is 2.77. The molecule has 2 heterocycles. The summed E-state index contributed by atoms with van der Waals surface area (Å²) in [7, 11) is 3.66. The van der Waals surface area contributed by atoms with Crippen LogP contribution in [0.4, 0.5) is 0 Å². The molecule has 0 amide bonds. The van der Waals surface area contributed by atoms with Gasteiger partial charge in [0.15, 0.2) is 0 Å². The summed E-state index contributed by atoms with van der Waals surface area (Å²) >= 11 is 3.30. The average molecular weight is 364 g/mol. The molecule has 2 unspecified atom stereocenters. The van der Waals surface area contributed by atoms with Crippen molar-refractivity contribution in [3.8, 4) is 0 Å². The molecule has 4 atom stereocenters. The predicted molar refractivity (Wildman–Crippen MR) is 91.8 cm³/mol. The van der Waals surface area contributed by atoms with Crippen LogP contribution >= 0.6 is 15.9 Å². The van der Waals surface area contributed by atoms with Crippen LogP contribution in [0.25, 0.3) is 6.08 Å². The molecule has 0 aliphatic carbocycles. The molecule has 0 spiro atoms. The van der Waals surface area contributed by atoms with Crippen molar-refractivity contribution < 1.29 is 9.53 Å². The molecule has 2 bridgehead atoms. The lowest BCUT2D eigenvalue weighted by Gasteiger charge is -2.41. The van der Waals surface area contributed by atoms with Crippen LogP contribution in [-0.4, -0.2) is 37.1 Å². The fourth-order valence-corrected chi connectivity index (χ4v) is 4.50. The minimum atomic E-state index is -0.0633. The third-order valence-electron chi connectivity index (χ3n) is 5.36. The van der Waals surface area contributed by atoms with Gasteiger partial charge in [0.25, 0.3) is 0 Å². The first-order chi connectivity index (χ1) is 10.7. The monoisotopic (exact) mass is 363 g/mol. The zero-order valence-electron chi connectivity index (χ0n) is 13.0. The van der Waals surface area contributed by atoms with Gasteiger partial charge in [0.2, 0.25) is 0 Å². The third kappa shape index (κ3) is 2.74. The number of methoxy groups -OCH3 is 1. The highest BCUT2D eigenvalue weighted by Crippen LogP contribution is 2.46. The van der Waals surface area contributed by atoms with E-state index in [4.69, 9.17) is 4.74 Å². The van der Waals surface area contributed by atoms with Gasteiger partial charge in [-0.1, -0.05) is 40.2 Å². The Kier molecular flexibility index (Phi) is 4.69. The van der Waals surface area contributed by atoms with Gasteiger partial charge in [0.05, 0.1) is 13.0 Å². The van der Waals surface area contributed by atoms with Crippen LogP contribution in [0.5, 0.6) is 0 Å². The van der Waals surface area contributed by atoms with Crippen molar-refractivity contribution in [2.24, 2.45) is 5.92 Å². The summed E-state index contributed by atoms with van der Waals surface area (Å²) in [5.74, 6) is 0.154. The fraction of sp³-hybridized carbons (Fsp3) is 0.500. The van der Waals surface area contributed by atoms with Crippen molar-refractivity contribution in [3.63, 3.8) is 0 Å². The van der Waals surface area contributed by atoms with E-state index < -0.39 is 0 Å². The molecule has 2 aliphatic heterocycles. The van der Waals surface area contributed by atoms with Crippen molar-refractivity contribution in [3.05, 3.63) is 40.4 Å². The number of carbonyl (C=O) groups excluding carboxylic acids is 1. The number of esters is 1. The number of piperidine rings is 1. The van der Waals surface area contributed by atoms with Crippen LogP contribution < -0.4 is 0 Å². The van der Waals surface area contributed by atoms with Crippen molar-refractivity contribution in [2.75, 3.05) is 14.2 Å². The van der Waals surface area contributed by atoms with E-state index in [0.29, 0.717) is 12.1 Å². The number of hydrogen-bond donors (Lipinski definition) is 0. The molecule has 0 radical (unpaired) electrons. The number of rotatable bonds is 3. The minimum Gasteiger partial charge on any atom is -0.469 e. The summed E-state index contributed by atoms with van der Waals surface area (Å²) in [5.41, 5.74) is 2.42. The lowest BCUT2D eigenvalue weighted by molar-refractivity contribution is -0.150. The summed E-state index contributed by atoms with van der Waals surface area (Å²) in [6.07, 6.45) is 5.34. The Hall–Kier alpha value is -1.13. The first kappa shape index (κ1) is 15.8. The Morgan fingerprint density at radius 2 is 2.05 bits per heavy atom. The zero-order chi connectivity index (χ0) is 15.7. The molecule has 3 nitrogen and oxygen atoms in total. The van der Waals surface area contributed by atoms with E-state index >= 15 is 0 Å². The van der Waals surface area contributed by atoms with Gasteiger partial charge in [0, 0.05) is 18.0 Å². The van der Waals surface area contributed by atoms with Crippen LogP contribution in [0.1, 0.15) is 36.3 Å². The summed E-state index contributed by atoms with van der Waals surface area (Å²) in [6, 6.07) is 9.46. The Labute approximate surface area is 140 Å². The molecule has 4 heteroatoms. The van der Waals surface area contributed by atoms with Crippen LogP contribution in [0.2, 0.25) is 0 Å².